The van der Waals surface area contributed by atoms with Crippen LogP contribution >= 0.6 is 0 Å². The molecule has 7 heteroatoms. The number of nitrogens with two attached hydrogens (primary N) is 3. The maximum atomic E-state index is 7.37. The van der Waals surface area contributed by atoms with Crippen LogP contribution in [0.3, 0.4) is 0 Å². The summed E-state index contributed by atoms with van der Waals surface area (Å²) in [6.07, 6.45) is 8.13. The number of guanidine groups is 1. The van der Waals surface area contributed by atoms with Crippen LogP contribution < -0.4 is 21.9 Å². The first kappa shape index (κ1) is 22.8. The van der Waals surface area contributed by atoms with E-state index in [-0.39, 0.29) is 11.8 Å². The lowest BCUT2D eigenvalue weighted by Gasteiger charge is -2.16. The molecular weight excluding hydrogens is 340 g/mol. The SMILES string of the molecule is CN(CCCCCCCN=C(N)N)CCCCOc1ccc(C(=N)N)cc1. The lowest BCUT2D eigenvalue weighted by molar-refractivity contribution is 0.276. The topological polar surface area (TPSA) is 127 Å². The summed E-state index contributed by atoms with van der Waals surface area (Å²) < 4.78 is 5.73. The van der Waals surface area contributed by atoms with Crippen molar-refractivity contribution in [2.75, 3.05) is 33.3 Å². The Balaban J connectivity index is 1.95. The number of nitrogens with zero attached hydrogens (tertiary/aromatic N) is 2. The van der Waals surface area contributed by atoms with E-state index in [9.17, 15) is 0 Å². The van der Waals surface area contributed by atoms with Crippen molar-refractivity contribution in [2.24, 2.45) is 22.2 Å². The van der Waals surface area contributed by atoms with Crippen molar-refractivity contribution in [2.45, 2.75) is 44.9 Å². The number of aliphatic imine (C=N–C) groups is 1. The van der Waals surface area contributed by atoms with Gasteiger partial charge in [0.2, 0.25) is 0 Å². The number of unbranched alkanes of at least 4 members (excludes halogenated alkanes) is 5. The predicted molar refractivity (Wildman–Crippen MR) is 113 cm³/mol. The van der Waals surface area contributed by atoms with E-state index < -0.39 is 0 Å². The summed E-state index contributed by atoms with van der Waals surface area (Å²) in [4.78, 5) is 6.38. The van der Waals surface area contributed by atoms with Crippen LogP contribution in [0, 0.1) is 5.41 Å². The second-order valence-electron chi connectivity index (χ2n) is 6.87. The highest BCUT2D eigenvalue weighted by molar-refractivity contribution is 5.94. The van der Waals surface area contributed by atoms with Crippen LogP contribution in [0.4, 0.5) is 0 Å². The maximum absolute atomic E-state index is 7.37. The normalized spacial score (nSPS) is 10.7. The van der Waals surface area contributed by atoms with E-state index in [1.807, 2.05) is 24.3 Å². The highest BCUT2D eigenvalue weighted by Gasteiger charge is 2.00. The molecule has 0 amide bonds. The van der Waals surface area contributed by atoms with Crippen molar-refractivity contribution < 1.29 is 4.74 Å². The molecule has 0 fully saturated rings. The van der Waals surface area contributed by atoms with Gasteiger partial charge in [-0.3, -0.25) is 10.4 Å². The van der Waals surface area contributed by atoms with Gasteiger partial charge in [0.1, 0.15) is 11.6 Å². The van der Waals surface area contributed by atoms with E-state index in [0.29, 0.717) is 6.61 Å². The molecule has 1 aromatic rings. The molecule has 0 aliphatic rings. The molecule has 0 radical (unpaired) electrons. The van der Waals surface area contributed by atoms with Gasteiger partial charge in [0.15, 0.2) is 5.96 Å². The molecule has 0 atom stereocenters. The van der Waals surface area contributed by atoms with Gasteiger partial charge in [0.05, 0.1) is 6.61 Å². The Labute approximate surface area is 163 Å². The molecule has 27 heavy (non-hydrogen) atoms. The summed E-state index contributed by atoms with van der Waals surface area (Å²) in [5.41, 5.74) is 16.7. The monoisotopic (exact) mass is 376 g/mol. The molecule has 7 nitrogen and oxygen atoms in total. The molecule has 152 valence electrons. The van der Waals surface area contributed by atoms with Gasteiger partial charge in [-0.2, -0.15) is 0 Å². The van der Waals surface area contributed by atoms with Crippen LogP contribution in [0.5, 0.6) is 5.75 Å². The number of hydrogen-bond donors (Lipinski definition) is 4. The Kier molecular flexibility index (Phi) is 11.7. The lowest BCUT2D eigenvalue weighted by atomic mass is 10.1. The Morgan fingerprint density at radius 2 is 1.52 bits per heavy atom. The molecule has 0 aliphatic heterocycles. The van der Waals surface area contributed by atoms with E-state index in [4.69, 9.17) is 27.3 Å². The second-order valence-corrected chi connectivity index (χ2v) is 6.87. The molecule has 0 spiro atoms. The fourth-order valence-electron chi connectivity index (χ4n) is 2.75. The molecule has 0 heterocycles. The average Bonchev–Trinajstić information content (AvgIpc) is 2.63. The molecule has 7 N–H and O–H groups in total. The van der Waals surface area contributed by atoms with Gasteiger partial charge < -0.3 is 26.8 Å². The number of amidine groups is 1. The van der Waals surface area contributed by atoms with Crippen LogP contribution in [0.15, 0.2) is 29.3 Å². The lowest BCUT2D eigenvalue weighted by Crippen LogP contribution is -2.22. The van der Waals surface area contributed by atoms with E-state index >= 15 is 0 Å². The van der Waals surface area contributed by atoms with Crippen molar-refractivity contribution >= 4 is 11.8 Å². The van der Waals surface area contributed by atoms with E-state index in [1.54, 1.807) is 0 Å². The Morgan fingerprint density at radius 3 is 2.15 bits per heavy atom. The summed E-state index contributed by atoms with van der Waals surface area (Å²) in [6, 6.07) is 7.35. The smallest absolute Gasteiger partial charge is 0.185 e. The molecule has 0 saturated carbocycles. The number of hydrogen-bond acceptors (Lipinski definition) is 4. The Bertz CT molecular complexity index is 554. The third-order valence-electron chi connectivity index (χ3n) is 4.36. The van der Waals surface area contributed by atoms with Crippen molar-refractivity contribution in [3.63, 3.8) is 0 Å². The van der Waals surface area contributed by atoms with Crippen molar-refractivity contribution in [3.05, 3.63) is 29.8 Å². The molecule has 0 bridgehead atoms. The predicted octanol–water partition coefficient (Wildman–Crippen LogP) is 2.29. The van der Waals surface area contributed by atoms with Crippen LogP contribution in [0.2, 0.25) is 0 Å². The summed E-state index contributed by atoms with van der Waals surface area (Å²) in [5, 5.41) is 7.37. The fourth-order valence-corrected chi connectivity index (χ4v) is 2.75. The number of nitrogens with one attached hydrogen (secondary N) is 1. The van der Waals surface area contributed by atoms with Gasteiger partial charge >= 0.3 is 0 Å². The van der Waals surface area contributed by atoms with Gasteiger partial charge in [-0.15, -0.1) is 0 Å². The summed E-state index contributed by atoms with van der Waals surface area (Å²) in [6.45, 7) is 3.69. The fraction of sp³-hybridized carbons (Fsp3) is 0.600. The standard InChI is InChI=1S/C20H36N6O/c1-26(14-6-4-2-3-5-13-25-20(23)24)15-7-8-16-27-18-11-9-17(10-12-18)19(21)22/h9-12H,2-8,13-16H2,1H3,(H3,21,22)(H4,23,24,25). The number of benzene rings is 1. The molecule has 0 aliphatic carbocycles. The molecule has 0 unspecified atom stereocenters. The Morgan fingerprint density at radius 1 is 0.926 bits per heavy atom. The summed E-state index contributed by atoms with van der Waals surface area (Å²) in [5.74, 6) is 1.09. The average molecular weight is 377 g/mol. The molecule has 0 aromatic heterocycles. The van der Waals surface area contributed by atoms with Crippen LogP contribution in [0.1, 0.15) is 50.5 Å². The molecular formula is C20H36N6O. The highest BCUT2D eigenvalue weighted by atomic mass is 16.5. The molecule has 1 aromatic carbocycles. The zero-order valence-electron chi connectivity index (χ0n) is 16.6. The van der Waals surface area contributed by atoms with Crippen LogP contribution in [-0.2, 0) is 0 Å². The minimum absolute atomic E-state index is 0.0792. The van der Waals surface area contributed by atoms with Gasteiger partial charge in [-0.25, -0.2) is 0 Å². The number of rotatable bonds is 15. The number of ether oxygens (including phenoxy) is 1. The maximum Gasteiger partial charge on any atom is 0.185 e. The minimum Gasteiger partial charge on any atom is -0.494 e. The van der Waals surface area contributed by atoms with Gasteiger partial charge in [-0.05, 0) is 70.1 Å². The largest absolute Gasteiger partial charge is 0.494 e. The third kappa shape index (κ3) is 11.9. The first-order chi connectivity index (χ1) is 13.0. The summed E-state index contributed by atoms with van der Waals surface area (Å²) >= 11 is 0. The second kappa shape index (κ2) is 13.9. The molecule has 1 rings (SSSR count). The Hall–Kier alpha value is -2.28. The van der Waals surface area contributed by atoms with E-state index in [2.05, 4.69) is 16.9 Å². The van der Waals surface area contributed by atoms with E-state index in [0.717, 1.165) is 50.2 Å². The molecule has 0 saturated heterocycles. The highest BCUT2D eigenvalue weighted by Crippen LogP contribution is 2.12. The quantitative estimate of drug-likeness (QED) is 0.212. The van der Waals surface area contributed by atoms with Gasteiger partial charge in [-0.1, -0.05) is 19.3 Å². The van der Waals surface area contributed by atoms with E-state index in [1.165, 1.54) is 25.7 Å². The first-order valence-electron chi connectivity index (χ1n) is 9.80. The third-order valence-corrected chi connectivity index (χ3v) is 4.36. The minimum atomic E-state index is 0.0792. The van der Waals surface area contributed by atoms with Crippen molar-refractivity contribution in [3.8, 4) is 5.75 Å². The zero-order valence-corrected chi connectivity index (χ0v) is 16.6. The van der Waals surface area contributed by atoms with Gasteiger partial charge in [0, 0.05) is 12.1 Å². The first-order valence-corrected chi connectivity index (χ1v) is 9.80. The summed E-state index contributed by atoms with van der Waals surface area (Å²) in [7, 11) is 2.18. The van der Waals surface area contributed by atoms with Crippen molar-refractivity contribution in [1.29, 1.82) is 5.41 Å². The zero-order chi connectivity index (χ0) is 19.9. The van der Waals surface area contributed by atoms with Gasteiger partial charge in [0.25, 0.3) is 0 Å². The van der Waals surface area contributed by atoms with Crippen LogP contribution in [-0.4, -0.2) is 50.0 Å². The van der Waals surface area contributed by atoms with Crippen molar-refractivity contribution in [1.82, 2.24) is 4.90 Å². The number of nitrogen functional groups attached to an aromatic ring is 1. The van der Waals surface area contributed by atoms with Crippen LogP contribution in [0.25, 0.3) is 0 Å².